The molecule has 0 saturated heterocycles. The Bertz CT molecular complexity index is 1620. The average molecular weight is 561 g/mol. The second-order valence-corrected chi connectivity index (χ2v) is 10.5. The van der Waals surface area contributed by atoms with Gasteiger partial charge >= 0.3 is 0 Å². The zero-order valence-corrected chi connectivity index (χ0v) is 23.0. The van der Waals surface area contributed by atoms with Gasteiger partial charge in [0.1, 0.15) is 6.04 Å². The van der Waals surface area contributed by atoms with E-state index < -0.39 is 11.0 Å². The van der Waals surface area contributed by atoms with Crippen molar-refractivity contribution in [3.05, 3.63) is 115 Å². The standard InChI is InChI=1S/C28H25ClN6O3S/c1-16-7-6-10-23(17(16)2)31-26(36)24-18(3)30-27-32-28(39-15-20-8-4-5-9-22(20)29)33-34(27)25(24)19-11-13-21(14-12-19)35(37)38/h4-14,25H,15H2,1-3H3,(H,31,36)(H,30,32,33). The lowest BCUT2D eigenvalue weighted by molar-refractivity contribution is -0.384. The van der Waals surface area contributed by atoms with Crippen molar-refractivity contribution in [1.82, 2.24) is 14.8 Å². The van der Waals surface area contributed by atoms with Crippen molar-refractivity contribution in [1.29, 1.82) is 0 Å². The second-order valence-electron chi connectivity index (χ2n) is 9.16. The third-order valence-corrected chi connectivity index (χ3v) is 7.92. The number of amides is 1. The molecule has 1 aliphatic rings. The fourth-order valence-corrected chi connectivity index (χ4v) is 5.52. The lowest BCUT2D eigenvalue weighted by Gasteiger charge is -2.28. The Morgan fingerprint density at radius 1 is 1.10 bits per heavy atom. The van der Waals surface area contributed by atoms with Crippen molar-refractivity contribution < 1.29 is 9.72 Å². The van der Waals surface area contributed by atoms with Crippen molar-refractivity contribution in [3.8, 4) is 0 Å². The van der Waals surface area contributed by atoms with Gasteiger partial charge in [0, 0.05) is 34.3 Å². The van der Waals surface area contributed by atoms with E-state index in [2.05, 4.69) is 15.6 Å². The molecule has 0 bridgehead atoms. The van der Waals surface area contributed by atoms with Crippen LogP contribution in [0.25, 0.3) is 0 Å². The highest BCUT2D eigenvalue weighted by atomic mass is 35.5. The maximum absolute atomic E-state index is 13.8. The zero-order valence-electron chi connectivity index (χ0n) is 21.4. The van der Waals surface area contributed by atoms with Crippen LogP contribution in [0.4, 0.5) is 17.3 Å². The number of nitro benzene ring substituents is 1. The van der Waals surface area contributed by atoms with E-state index in [1.54, 1.807) is 16.8 Å². The molecule has 3 aromatic carbocycles. The average Bonchev–Trinajstić information content (AvgIpc) is 3.32. The molecule has 39 heavy (non-hydrogen) atoms. The van der Waals surface area contributed by atoms with Crippen LogP contribution < -0.4 is 10.6 Å². The van der Waals surface area contributed by atoms with Crippen LogP contribution in [0.1, 0.15) is 35.2 Å². The van der Waals surface area contributed by atoms with Crippen LogP contribution in [0.3, 0.4) is 0 Å². The number of anilines is 2. The summed E-state index contributed by atoms with van der Waals surface area (Å²) in [6.07, 6.45) is 0. The van der Waals surface area contributed by atoms with E-state index in [4.69, 9.17) is 16.7 Å². The second kappa shape index (κ2) is 10.9. The Labute approximate surface area is 234 Å². The molecule has 4 aromatic rings. The normalized spacial score (nSPS) is 14.5. The van der Waals surface area contributed by atoms with E-state index in [-0.39, 0.29) is 11.6 Å². The Hall–Kier alpha value is -4.15. The first-order valence-electron chi connectivity index (χ1n) is 12.2. The Morgan fingerprint density at radius 3 is 2.56 bits per heavy atom. The number of halogens is 1. The van der Waals surface area contributed by atoms with Gasteiger partial charge in [0.2, 0.25) is 11.1 Å². The third kappa shape index (κ3) is 5.39. The molecule has 9 nitrogen and oxygen atoms in total. The summed E-state index contributed by atoms with van der Waals surface area (Å²) in [4.78, 5) is 29.2. The molecule has 1 amide bonds. The number of allylic oxidation sites excluding steroid dienone is 1. The molecule has 1 unspecified atom stereocenters. The number of nitrogens with one attached hydrogen (secondary N) is 2. The minimum atomic E-state index is -0.658. The van der Waals surface area contributed by atoms with E-state index >= 15 is 0 Å². The first kappa shape index (κ1) is 26.5. The SMILES string of the molecule is CC1=C(C(=O)Nc2cccc(C)c2C)C(c2ccc([N+](=O)[O-])cc2)n2nc(SCc3ccccc3Cl)nc2N1. The van der Waals surface area contributed by atoms with Crippen LogP contribution >= 0.6 is 23.4 Å². The summed E-state index contributed by atoms with van der Waals surface area (Å²) < 4.78 is 1.65. The molecule has 1 atom stereocenters. The van der Waals surface area contributed by atoms with Gasteiger partial charge in [-0.1, -0.05) is 53.7 Å². The Morgan fingerprint density at radius 2 is 1.85 bits per heavy atom. The molecular formula is C28H25ClN6O3S. The molecule has 2 heterocycles. The number of fused-ring (bicyclic) bond motifs is 1. The molecule has 0 aliphatic carbocycles. The number of nitro groups is 1. The van der Waals surface area contributed by atoms with Crippen LogP contribution in [-0.4, -0.2) is 25.6 Å². The lowest BCUT2D eigenvalue weighted by Crippen LogP contribution is -2.31. The van der Waals surface area contributed by atoms with Gasteiger partial charge in [0.15, 0.2) is 0 Å². The number of hydrogen-bond acceptors (Lipinski definition) is 7. The number of carbonyl (C=O) groups is 1. The van der Waals surface area contributed by atoms with E-state index in [1.165, 1.54) is 23.9 Å². The van der Waals surface area contributed by atoms with Crippen LogP contribution in [0.5, 0.6) is 0 Å². The highest BCUT2D eigenvalue weighted by Gasteiger charge is 2.35. The summed E-state index contributed by atoms with van der Waals surface area (Å²) in [5, 5.41) is 23.4. The summed E-state index contributed by atoms with van der Waals surface area (Å²) in [6.45, 7) is 5.75. The summed E-state index contributed by atoms with van der Waals surface area (Å²) in [6, 6.07) is 18.8. The Kier molecular flexibility index (Phi) is 7.40. The maximum Gasteiger partial charge on any atom is 0.269 e. The fraction of sp³-hybridized carbons (Fsp3) is 0.179. The fourth-order valence-electron chi connectivity index (χ4n) is 4.41. The summed E-state index contributed by atoms with van der Waals surface area (Å²) in [5.41, 5.74) is 5.38. The topological polar surface area (TPSA) is 115 Å². The summed E-state index contributed by atoms with van der Waals surface area (Å²) in [5.74, 6) is 0.738. The van der Waals surface area contributed by atoms with Crippen LogP contribution in [0.15, 0.2) is 83.2 Å². The van der Waals surface area contributed by atoms with E-state index in [9.17, 15) is 14.9 Å². The number of carbonyl (C=O) groups excluding carboxylic acids is 1. The number of thioether (sulfide) groups is 1. The molecule has 0 fully saturated rings. The minimum Gasteiger partial charge on any atom is -0.328 e. The summed E-state index contributed by atoms with van der Waals surface area (Å²) in [7, 11) is 0. The molecule has 0 saturated carbocycles. The molecule has 2 N–H and O–H groups in total. The largest absolute Gasteiger partial charge is 0.328 e. The number of hydrogen-bond donors (Lipinski definition) is 2. The lowest BCUT2D eigenvalue weighted by atomic mass is 9.94. The quantitative estimate of drug-likeness (QED) is 0.147. The van der Waals surface area contributed by atoms with E-state index in [1.807, 2.05) is 63.2 Å². The Balaban J connectivity index is 1.52. The van der Waals surface area contributed by atoms with Crippen molar-refractivity contribution >= 4 is 46.6 Å². The van der Waals surface area contributed by atoms with Gasteiger partial charge in [-0.3, -0.25) is 14.9 Å². The van der Waals surface area contributed by atoms with Gasteiger partial charge in [0.25, 0.3) is 11.6 Å². The first-order valence-corrected chi connectivity index (χ1v) is 13.5. The number of nitrogens with zero attached hydrogens (tertiary/aromatic N) is 4. The third-order valence-electron chi connectivity index (χ3n) is 6.66. The van der Waals surface area contributed by atoms with Gasteiger partial charge in [-0.2, -0.15) is 4.98 Å². The van der Waals surface area contributed by atoms with Gasteiger partial charge in [0.05, 0.1) is 10.5 Å². The van der Waals surface area contributed by atoms with Crippen LogP contribution in [0, 0.1) is 24.0 Å². The first-order chi connectivity index (χ1) is 18.7. The van der Waals surface area contributed by atoms with Gasteiger partial charge in [-0.15, -0.1) is 5.10 Å². The number of rotatable bonds is 7. The zero-order chi connectivity index (χ0) is 27.7. The molecule has 0 radical (unpaired) electrons. The molecular weight excluding hydrogens is 536 g/mol. The number of aryl methyl sites for hydroxylation is 1. The van der Waals surface area contributed by atoms with Crippen LogP contribution in [-0.2, 0) is 10.5 Å². The van der Waals surface area contributed by atoms with Crippen molar-refractivity contribution in [3.63, 3.8) is 0 Å². The molecule has 1 aliphatic heterocycles. The number of benzene rings is 3. The number of non-ortho nitro benzene ring substituents is 1. The number of aromatic nitrogens is 3. The molecule has 1 aromatic heterocycles. The highest BCUT2D eigenvalue weighted by Crippen LogP contribution is 2.38. The molecule has 5 rings (SSSR count). The molecule has 0 spiro atoms. The van der Waals surface area contributed by atoms with Crippen LogP contribution in [0.2, 0.25) is 5.02 Å². The van der Waals surface area contributed by atoms with Gasteiger partial charge < -0.3 is 10.6 Å². The minimum absolute atomic E-state index is 0.0374. The maximum atomic E-state index is 13.8. The van der Waals surface area contributed by atoms with E-state index in [0.29, 0.717) is 44.4 Å². The molecule has 198 valence electrons. The monoisotopic (exact) mass is 560 g/mol. The summed E-state index contributed by atoms with van der Waals surface area (Å²) >= 11 is 7.75. The molecule has 11 heteroatoms. The predicted molar refractivity (Wildman–Crippen MR) is 153 cm³/mol. The van der Waals surface area contributed by atoms with Crippen molar-refractivity contribution in [2.45, 2.75) is 37.7 Å². The van der Waals surface area contributed by atoms with Gasteiger partial charge in [-0.05, 0) is 67.3 Å². The van der Waals surface area contributed by atoms with Crippen molar-refractivity contribution in [2.75, 3.05) is 10.6 Å². The smallest absolute Gasteiger partial charge is 0.269 e. The van der Waals surface area contributed by atoms with Crippen molar-refractivity contribution in [2.24, 2.45) is 0 Å². The van der Waals surface area contributed by atoms with E-state index in [0.717, 1.165) is 16.7 Å². The van der Waals surface area contributed by atoms with Gasteiger partial charge in [-0.25, -0.2) is 4.68 Å². The predicted octanol–water partition coefficient (Wildman–Crippen LogP) is 6.68. The highest BCUT2D eigenvalue weighted by molar-refractivity contribution is 7.98.